The zero-order valence-corrected chi connectivity index (χ0v) is 29.4. The number of hydrogen-bond donors (Lipinski definition) is 5. The van der Waals surface area contributed by atoms with Crippen molar-refractivity contribution in [1.82, 2.24) is 4.98 Å². The number of benzene rings is 4. The highest BCUT2D eigenvalue weighted by atomic mass is 32.2. The van der Waals surface area contributed by atoms with Crippen LogP contribution in [0, 0.1) is 0 Å². The summed E-state index contributed by atoms with van der Waals surface area (Å²) in [4.78, 5) is 29.0. The second-order valence-corrected chi connectivity index (χ2v) is 13.5. The average molecular weight is 698 g/mol. The zero-order valence-electron chi connectivity index (χ0n) is 28.5. The Kier molecular flexibility index (Phi) is 10.8. The zero-order chi connectivity index (χ0) is 36.0. The molecule has 1 aromatic heterocycles. The van der Waals surface area contributed by atoms with E-state index in [4.69, 9.17) is 19.3 Å². The molecule has 13 heteroatoms. The SMILES string of the molecule is COc1cc(Nc2cc(Oc3ccc(NC(=O)Nc4cc(C(C)(C)C)cc(NS(C)=O)c4OC)c4ccccc34)ccn2)ccc1CC(=O)O. The molecule has 2 amide bonds. The van der Waals surface area contributed by atoms with Gasteiger partial charge in [0.25, 0.3) is 0 Å². The van der Waals surface area contributed by atoms with Gasteiger partial charge in [-0.25, -0.2) is 14.0 Å². The van der Waals surface area contributed by atoms with Crippen molar-refractivity contribution in [2.75, 3.05) is 41.1 Å². The summed E-state index contributed by atoms with van der Waals surface area (Å²) in [6.45, 7) is 6.14. The lowest BCUT2D eigenvalue weighted by atomic mass is 9.86. The molecule has 0 aliphatic heterocycles. The fraction of sp³-hybridized carbons (Fsp3) is 0.216. The van der Waals surface area contributed by atoms with Gasteiger partial charge in [0.15, 0.2) is 5.75 Å². The third-order valence-corrected chi connectivity index (χ3v) is 8.16. The van der Waals surface area contributed by atoms with Crippen molar-refractivity contribution in [3.8, 4) is 23.0 Å². The Morgan fingerprint density at radius 2 is 1.56 bits per heavy atom. The quantitative estimate of drug-likeness (QED) is 0.0869. The highest BCUT2D eigenvalue weighted by Gasteiger charge is 2.22. The number of ether oxygens (including phenoxy) is 3. The Balaban J connectivity index is 1.37. The molecule has 0 bridgehead atoms. The molecule has 1 heterocycles. The summed E-state index contributed by atoms with van der Waals surface area (Å²) in [5.41, 5.74) is 3.36. The first-order chi connectivity index (χ1) is 23.8. The maximum absolute atomic E-state index is 13.4. The fourth-order valence-electron chi connectivity index (χ4n) is 5.30. The van der Waals surface area contributed by atoms with E-state index in [1.165, 1.54) is 20.5 Å². The summed E-state index contributed by atoms with van der Waals surface area (Å²) >= 11 is 0. The predicted molar refractivity (Wildman–Crippen MR) is 198 cm³/mol. The molecule has 0 saturated heterocycles. The van der Waals surface area contributed by atoms with Crippen LogP contribution in [-0.4, -0.2) is 46.8 Å². The topological polar surface area (TPSA) is 160 Å². The van der Waals surface area contributed by atoms with Gasteiger partial charge in [0.05, 0.1) is 37.7 Å². The molecule has 0 saturated carbocycles. The molecule has 5 rings (SSSR count). The first-order valence-corrected chi connectivity index (χ1v) is 17.1. The molecular formula is C37H39N5O7S. The minimum Gasteiger partial charge on any atom is -0.496 e. The lowest BCUT2D eigenvalue weighted by molar-refractivity contribution is -0.136. The molecule has 0 spiro atoms. The second kappa shape index (κ2) is 15.2. The molecule has 1 unspecified atom stereocenters. The molecule has 260 valence electrons. The fourth-order valence-corrected chi connectivity index (χ4v) is 5.76. The van der Waals surface area contributed by atoms with Crippen molar-refractivity contribution in [2.45, 2.75) is 32.6 Å². The maximum atomic E-state index is 13.4. The largest absolute Gasteiger partial charge is 0.496 e. The highest BCUT2D eigenvalue weighted by Crippen LogP contribution is 2.40. The smallest absolute Gasteiger partial charge is 0.323 e. The maximum Gasteiger partial charge on any atom is 0.323 e. The number of nitrogens with zero attached hydrogens (tertiary/aromatic N) is 1. The molecule has 4 aromatic carbocycles. The predicted octanol–water partition coefficient (Wildman–Crippen LogP) is 8.06. The number of carboxylic acids is 1. The van der Waals surface area contributed by atoms with Gasteiger partial charge in [0, 0.05) is 46.6 Å². The van der Waals surface area contributed by atoms with Crippen molar-refractivity contribution in [1.29, 1.82) is 0 Å². The number of aliphatic carboxylic acids is 1. The van der Waals surface area contributed by atoms with Crippen LogP contribution < -0.4 is 34.9 Å². The van der Waals surface area contributed by atoms with Crippen molar-refractivity contribution in [2.24, 2.45) is 0 Å². The van der Waals surface area contributed by atoms with Gasteiger partial charge in [-0.1, -0.05) is 51.1 Å². The van der Waals surface area contributed by atoms with Gasteiger partial charge in [0.1, 0.15) is 34.1 Å². The first kappa shape index (κ1) is 35.5. The van der Waals surface area contributed by atoms with Crippen LogP contribution in [-0.2, 0) is 27.6 Å². The Hall–Kier alpha value is -5.82. The Morgan fingerprint density at radius 3 is 2.24 bits per heavy atom. The normalized spacial score (nSPS) is 11.7. The third-order valence-electron chi connectivity index (χ3n) is 7.65. The average Bonchev–Trinajstić information content (AvgIpc) is 3.05. The molecule has 12 nitrogen and oxygen atoms in total. The van der Waals surface area contributed by atoms with Crippen LogP contribution in [0.5, 0.6) is 23.0 Å². The second-order valence-electron chi connectivity index (χ2n) is 12.3. The first-order valence-electron chi connectivity index (χ1n) is 15.6. The molecule has 0 aliphatic rings. The minimum absolute atomic E-state index is 0.153. The molecule has 50 heavy (non-hydrogen) atoms. The number of fused-ring (bicyclic) bond motifs is 1. The number of hydrogen-bond acceptors (Lipinski definition) is 8. The molecule has 0 aliphatic carbocycles. The van der Waals surface area contributed by atoms with Crippen molar-refractivity contribution in [3.05, 3.63) is 96.2 Å². The Morgan fingerprint density at radius 1 is 0.840 bits per heavy atom. The summed E-state index contributed by atoms with van der Waals surface area (Å²) in [7, 11) is 1.62. The minimum atomic E-state index is -1.36. The number of aromatic nitrogens is 1. The van der Waals surface area contributed by atoms with Gasteiger partial charge in [-0.15, -0.1) is 0 Å². The van der Waals surface area contributed by atoms with Crippen LogP contribution in [0.1, 0.15) is 31.9 Å². The Labute approximate surface area is 292 Å². The van der Waals surface area contributed by atoms with E-state index in [0.717, 1.165) is 16.3 Å². The number of methoxy groups -OCH3 is 2. The lowest BCUT2D eigenvalue weighted by Gasteiger charge is -2.24. The van der Waals surface area contributed by atoms with E-state index < -0.39 is 23.0 Å². The summed E-state index contributed by atoms with van der Waals surface area (Å²) in [5, 5.41) is 19.7. The number of urea groups is 1. The van der Waals surface area contributed by atoms with E-state index in [1.54, 1.807) is 48.7 Å². The molecule has 1 atom stereocenters. The van der Waals surface area contributed by atoms with Gasteiger partial charge < -0.3 is 40.0 Å². The number of nitrogens with one attached hydrogen (secondary N) is 4. The van der Waals surface area contributed by atoms with Crippen LogP contribution >= 0.6 is 0 Å². The van der Waals surface area contributed by atoms with Crippen molar-refractivity contribution >= 4 is 62.3 Å². The number of carbonyl (C=O) groups is 2. The van der Waals surface area contributed by atoms with E-state index in [0.29, 0.717) is 57.1 Å². The molecule has 0 radical (unpaired) electrons. The highest BCUT2D eigenvalue weighted by molar-refractivity contribution is 7.85. The Bertz CT molecular complexity index is 2080. The van der Waals surface area contributed by atoms with Gasteiger partial charge in [0.2, 0.25) is 0 Å². The van der Waals surface area contributed by atoms with Gasteiger partial charge in [-0.2, -0.15) is 0 Å². The van der Waals surface area contributed by atoms with Crippen LogP contribution in [0.2, 0.25) is 0 Å². The van der Waals surface area contributed by atoms with Crippen LogP contribution in [0.4, 0.5) is 33.4 Å². The summed E-state index contributed by atoms with van der Waals surface area (Å²) < 4.78 is 32.3. The van der Waals surface area contributed by atoms with E-state index in [2.05, 4.69) is 25.7 Å². The van der Waals surface area contributed by atoms with Crippen LogP contribution in [0.25, 0.3) is 10.8 Å². The standard InChI is InChI=1S/C37H39N5O7S/c1-37(2,3)23-18-29(35(48-5)30(19-23)42-50(6)46)41-36(45)40-28-13-14-31(27-10-8-7-9-26(27)28)49-25-15-16-38-33(21-25)39-24-12-11-22(17-34(43)44)32(20-24)47-4/h7-16,18-21,42H,17H2,1-6H3,(H,38,39)(H,43,44)(H2,40,41,45). The molecule has 5 aromatic rings. The summed E-state index contributed by atoms with van der Waals surface area (Å²) in [5.74, 6) is 1.45. The van der Waals surface area contributed by atoms with E-state index >= 15 is 0 Å². The van der Waals surface area contributed by atoms with E-state index in [1.807, 2.05) is 57.2 Å². The van der Waals surface area contributed by atoms with Crippen molar-refractivity contribution in [3.63, 3.8) is 0 Å². The number of anilines is 5. The van der Waals surface area contributed by atoms with Gasteiger partial charge in [-0.05, 0) is 47.4 Å². The number of carbonyl (C=O) groups excluding carboxylic acids is 1. The van der Waals surface area contributed by atoms with Gasteiger partial charge in [-0.3, -0.25) is 4.79 Å². The summed E-state index contributed by atoms with van der Waals surface area (Å²) in [6, 6.07) is 22.9. The molecular weight excluding hydrogens is 659 g/mol. The van der Waals surface area contributed by atoms with Gasteiger partial charge >= 0.3 is 12.0 Å². The number of pyridine rings is 1. The number of amides is 2. The van der Waals surface area contributed by atoms with Crippen LogP contribution in [0.3, 0.4) is 0 Å². The number of rotatable bonds is 12. The van der Waals surface area contributed by atoms with Crippen molar-refractivity contribution < 1.29 is 33.1 Å². The van der Waals surface area contributed by atoms with E-state index in [-0.39, 0.29) is 11.8 Å². The van der Waals surface area contributed by atoms with E-state index in [9.17, 15) is 13.8 Å². The number of carboxylic acid groups (broad SMARTS) is 1. The monoisotopic (exact) mass is 697 g/mol. The molecule has 5 N–H and O–H groups in total. The third kappa shape index (κ3) is 8.60. The van der Waals surface area contributed by atoms with Crippen LogP contribution in [0.15, 0.2) is 85.1 Å². The molecule has 0 fully saturated rings. The summed E-state index contributed by atoms with van der Waals surface area (Å²) in [6.07, 6.45) is 2.98. The lowest BCUT2D eigenvalue weighted by Crippen LogP contribution is -2.21.